The van der Waals surface area contributed by atoms with Crippen LogP contribution in [0.2, 0.25) is 0 Å². The van der Waals surface area contributed by atoms with Crippen molar-refractivity contribution in [2.45, 2.75) is 0 Å². The highest BCUT2D eigenvalue weighted by molar-refractivity contribution is 7.20. The molecule has 0 amide bonds. The first-order valence-corrected chi connectivity index (χ1v) is 6.21. The van der Waals surface area contributed by atoms with Crippen LogP contribution in [0, 0.1) is 5.82 Å². The Kier molecular flexibility index (Phi) is 1.81. The fourth-order valence-corrected chi connectivity index (χ4v) is 2.78. The summed E-state index contributed by atoms with van der Waals surface area (Å²) in [6, 6.07) is 4.25. The van der Waals surface area contributed by atoms with Crippen LogP contribution in [0.4, 0.5) is 9.52 Å². The van der Waals surface area contributed by atoms with Crippen LogP contribution in [0.15, 0.2) is 23.0 Å². The number of hydrogen-bond acceptors (Lipinski definition) is 5. The molecule has 4 aromatic rings. The first-order valence-electron chi connectivity index (χ1n) is 5.40. The van der Waals surface area contributed by atoms with Crippen molar-refractivity contribution < 1.29 is 4.39 Å². The summed E-state index contributed by atoms with van der Waals surface area (Å²) in [4.78, 5) is 19.9. The normalized spacial score (nSPS) is 11.8. The summed E-state index contributed by atoms with van der Waals surface area (Å²) in [5.41, 5.74) is 6.61. The number of halogens is 1. The first kappa shape index (κ1) is 10.4. The monoisotopic (exact) mass is 275 g/mol. The molecule has 0 saturated carbocycles. The van der Waals surface area contributed by atoms with Gasteiger partial charge in [-0.25, -0.2) is 9.37 Å². The Bertz CT molecular complexity index is 1010. The van der Waals surface area contributed by atoms with E-state index < -0.39 is 0 Å². The van der Waals surface area contributed by atoms with Crippen molar-refractivity contribution in [1.82, 2.24) is 19.6 Å². The van der Waals surface area contributed by atoms with Gasteiger partial charge in [-0.3, -0.25) is 4.79 Å². The van der Waals surface area contributed by atoms with E-state index in [0.717, 1.165) is 15.9 Å². The van der Waals surface area contributed by atoms with Crippen LogP contribution in [0.25, 0.3) is 26.9 Å². The maximum Gasteiger partial charge on any atom is 0.299 e. The van der Waals surface area contributed by atoms with Crippen molar-refractivity contribution in [2.75, 3.05) is 5.73 Å². The van der Waals surface area contributed by atoms with Gasteiger partial charge in [0, 0.05) is 10.9 Å². The molecular weight excluding hydrogens is 269 g/mol. The molecule has 0 saturated heterocycles. The number of benzene rings is 1. The number of rotatable bonds is 0. The quantitative estimate of drug-likeness (QED) is 0.509. The number of H-pyrrole nitrogens is 1. The van der Waals surface area contributed by atoms with Crippen LogP contribution >= 0.6 is 11.3 Å². The number of hydrogen-bond donors (Lipinski definition) is 2. The van der Waals surface area contributed by atoms with Crippen LogP contribution in [0.1, 0.15) is 0 Å². The molecule has 0 spiro atoms. The number of fused-ring (bicyclic) bond motifs is 4. The zero-order chi connectivity index (χ0) is 13.1. The number of aromatic nitrogens is 4. The van der Waals surface area contributed by atoms with Gasteiger partial charge < -0.3 is 10.7 Å². The zero-order valence-corrected chi connectivity index (χ0v) is 10.2. The number of nitrogens with zero attached hydrogens (tertiary/aromatic N) is 3. The van der Waals surface area contributed by atoms with Crippen molar-refractivity contribution >= 4 is 43.4 Å². The molecule has 0 atom stereocenters. The van der Waals surface area contributed by atoms with Gasteiger partial charge in [-0.2, -0.15) is 4.52 Å². The predicted molar refractivity (Wildman–Crippen MR) is 70.9 cm³/mol. The van der Waals surface area contributed by atoms with E-state index >= 15 is 0 Å². The van der Waals surface area contributed by atoms with E-state index in [-0.39, 0.29) is 16.5 Å². The minimum absolute atomic E-state index is 0.257. The zero-order valence-electron chi connectivity index (χ0n) is 9.35. The predicted octanol–water partition coefficient (Wildman–Crippen LogP) is 1.51. The summed E-state index contributed by atoms with van der Waals surface area (Å²) in [5.74, 6) is -0.376. The van der Waals surface area contributed by atoms with Crippen LogP contribution in [0.5, 0.6) is 0 Å². The fraction of sp³-hybridized carbons (Fsp3) is 0. The molecule has 4 rings (SSSR count). The lowest BCUT2D eigenvalue weighted by atomic mass is 10.2. The van der Waals surface area contributed by atoms with Gasteiger partial charge in [0.15, 0.2) is 0 Å². The topological polar surface area (TPSA) is 89.1 Å². The van der Waals surface area contributed by atoms with Gasteiger partial charge >= 0.3 is 0 Å². The molecule has 0 aliphatic heterocycles. The molecule has 8 heteroatoms. The van der Waals surface area contributed by atoms with Gasteiger partial charge in [-0.15, -0.1) is 5.10 Å². The second kappa shape index (κ2) is 3.29. The molecule has 6 nitrogen and oxygen atoms in total. The lowest BCUT2D eigenvalue weighted by Gasteiger charge is -1.92. The van der Waals surface area contributed by atoms with E-state index in [2.05, 4.69) is 15.1 Å². The number of anilines is 1. The van der Waals surface area contributed by atoms with Gasteiger partial charge in [0.05, 0.1) is 0 Å². The smallest absolute Gasteiger partial charge is 0.299 e. The molecule has 0 bridgehead atoms. The van der Waals surface area contributed by atoms with E-state index in [1.807, 2.05) is 0 Å². The van der Waals surface area contributed by atoms with Gasteiger partial charge in [0.2, 0.25) is 10.1 Å². The van der Waals surface area contributed by atoms with E-state index in [0.29, 0.717) is 26.9 Å². The van der Waals surface area contributed by atoms with Crippen molar-refractivity contribution in [1.29, 1.82) is 0 Å². The maximum atomic E-state index is 13.3. The molecular formula is C11H6FN5OS. The van der Waals surface area contributed by atoms with Crippen LogP contribution in [-0.4, -0.2) is 19.6 Å². The highest BCUT2D eigenvalue weighted by Gasteiger charge is 2.14. The molecule has 0 fully saturated rings. The lowest BCUT2D eigenvalue weighted by molar-refractivity contribution is 0.630. The summed E-state index contributed by atoms with van der Waals surface area (Å²) in [7, 11) is 0. The largest absolute Gasteiger partial charge is 0.374 e. The van der Waals surface area contributed by atoms with E-state index in [1.54, 1.807) is 6.07 Å². The van der Waals surface area contributed by atoms with Crippen LogP contribution in [-0.2, 0) is 0 Å². The SMILES string of the molecule is Nc1nn2c(=O)c3[nH]c4ccc(F)cc4c3nc2s1. The molecule has 3 heterocycles. The molecule has 19 heavy (non-hydrogen) atoms. The summed E-state index contributed by atoms with van der Waals surface area (Å²) < 4.78 is 14.5. The van der Waals surface area contributed by atoms with E-state index in [9.17, 15) is 9.18 Å². The molecule has 0 aliphatic rings. The third-order valence-corrected chi connectivity index (χ3v) is 3.66. The molecule has 3 aromatic heterocycles. The van der Waals surface area contributed by atoms with Crippen LogP contribution < -0.4 is 11.3 Å². The first-order chi connectivity index (χ1) is 9.13. The van der Waals surface area contributed by atoms with Crippen molar-refractivity contribution in [3.8, 4) is 0 Å². The Labute approximate surface area is 108 Å². The third kappa shape index (κ3) is 1.31. The summed E-state index contributed by atoms with van der Waals surface area (Å²) in [5, 5.41) is 4.72. The Morgan fingerprint density at radius 3 is 3.11 bits per heavy atom. The summed E-state index contributed by atoms with van der Waals surface area (Å²) in [6.07, 6.45) is 0. The third-order valence-electron chi connectivity index (χ3n) is 2.92. The average molecular weight is 275 g/mol. The molecule has 0 aliphatic carbocycles. The van der Waals surface area contributed by atoms with Crippen molar-refractivity contribution in [2.24, 2.45) is 0 Å². The second-order valence-corrected chi connectivity index (χ2v) is 5.08. The fourth-order valence-electron chi connectivity index (χ4n) is 2.12. The van der Waals surface area contributed by atoms with Crippen LogP contribution in [0.3, 0.4) is 0 Å². The summed E-state index contributed by atoms with van der Waals surface area (Å²) in [6.45, 7) is 0. The molecule has 94 valence electrons. The Morgan fingerprint density at radius 2 is 2.26 bits per heavy atom. The highest BCUT2D eigenvalue weighted by atomic mass is 32.1. The summed E-state index contributed by atoms with van der Waals surface area (Å²) >= 11 is 1.11. The van der Waals surface area contributed by atoms with Gasteiger partial charge in [-0.1, -0.05) is 11.3 Å². The lowest BCUT2D eigenvalue weighted by Crippen LogP contribution is -2.15. The van der Waals surface area contributed by atoms with Gasteiger partial charge in [0.25, 0.3) is 5.56 Å². The van der Waals surface area contributed by atoms with Gasteiger partial charge in [0.1, 0.15) is 16.9 Å². The second-order valence-electron chi connectivity index (χ2n) is 4.09. The number of aromatic amines is 1. The molecule has 1 aromatic carbocycles. The van der Waals surface area contributed by atoms with Crippen molar-refractivity contribution in [3.63, 3.8) is 0 Å². The number of nitrogens with two attached hydrogens (primary N) is 1. The Morgan fingerprint density at radius 1 is 1.42 bits per heavy atom. The van der Waals surface area contributed by atoms with Gasteiger partial charge in [-0.05, 0) is 18.2 Å². The average Bonchev–Trinajstić information content (AvgIpc) is 2.91. The minimum Gasteiger partial charge on any atom is -0.374 e. The van der Waals surface area contributed by atoms with E-state index in [4.69, 9.17) is 5.73 Å². The highest BCUT2D eigenvalue weighted by Crippen LogP contribution is 2.24. The molecule has 0 unspecified atom stereocenters. The van der Waals surface area contributed by atoms with E-state index in [1.165, 1.54) is 12.1 Å². The number of nitrogen functional groups attached to an aromatic ring is 1. The standard InChI is InChI=1S/C11H6FN5OS/c12-4-1-2-6-5(3-4)7-8(14-6)9(18)17-11(15-7)19-10(13)16-17/h1-3,14H,(H2,13,16). The van der Waals surface area contributed by atoms with Crippen molar-refractivity contribution in [3.05, 3.63) is 34.4 Å². The number of nitrogens with one attached hydrogen (secondary N) is 1. The Balaban J connectivity index is 2.32. The molecule has 0 radical (unpaired) electrons. The maximum absolute atomic E-state index is 13.3. The minimum atomic E-state index is -0.376. The molecule has 3 N–H and O–H groups in total. The Hall–Kier alpha value is -2.48.